The Bertz CT molecular complexity index is 727. The van der Waals surface area contributed by atoms with E-state index in [0.29, 0.717) is 30.3 Å². The fraction of sp³-hybridized carbons (Fsp3) is 0.412. The molecular formula is C17H20ClN3O2. The quantitative estimate of drug-likeness (QED) is 0.866. The van der Waals surface area contributed by atoms with Crippen molar-refractivity contribution in [3.8, 4) is 5.75 Å². The highest BCUT2D eigenvalue weighted by atomic mass is 35.5. The maximum atomic E-state index is 12.9. The summed E-state index contributed by atoms with van der Waals surface area (Å²) in [6, 6.07) is 5.52. The molecule has 0 atom stereocenters. The van der Waals surface area contributed by atoms with E-state index in [9.17, 15) is 4.79 Å². The number of amides is 1. The lowest BCUT2D eigenvalue weighted by atomic mass is 10.1. The van der Waals surface area contributed by atoms with Gasteiger partial charge in [-0.2, -0.15) is 5.10 Å². The van der Waals surface area contributed by atoms with Gasteiger partial charge in [0, 0.05) is 29.9 Å². The zero-order valence-corrected chi connectivity index (χ0v) is 14.1. The molecule has 0 saturated heterocycles. The lowest BCUT2D eigenvalue weighted by molar-refractivity contribution is 0.0732. The van der Waals surface area contributed by atoms with E-state index in [0.717, 1.165) is 30.0 Å². The minimum atomic E-state index is -0.0127. The monoisotopic (exact) mass is 333 g/mol. The van der Waals surface area contributed by atoms with Crippen LogP contribution in [0.15, 0.2) is 24.4 Å². The maximum Gasteiger partial charge on any atom is 0.257 e. The summed E-state index contributed by atoms with van der Waals surface area (Å²) in [7, 11) is 0. The van der Waals surface area contributed by atoms with Crippen LogP contribution in [0.4, 0.5) is 0 Å². The molecule has 5 nitrogen and oxygen atoms in total. The summed E-state index contributed by atoms with van der Waals surface area (Å²) >= 11 is 6.07. The standard InChI is InChI=1S/C17H20ClN3O2/c1-3-6-21-11-15(12(2)19-21)17(22)20-7-8-23-16-5-4-14(18)9-13(16)10-20/h4-5,9,11H,3,6-8,10H2,1-2H3. The highest BCUT2D eigenvalue weighted by molar-refractivity contribution is 6.30. The lowest BCUT2D eigenvalue weighted by Gasteiger charge is -2.19. The van der Waals surface area contributed by atoms with E-state index >= 15 is 0 Å². The highest BCUT2D eigenvalue weighted by Gasteiger charge is 2.24. The first-order valence-corrected chi connectivity index (χ1v) is 8.21. The van der Waals surface area contributed by atoms with Crippen molar-refractivity contribution in [1.29, 1.82) is 0 Å². The molecule has 0 radical (unpaired) electrons. The maximum absolute atomic E-state index is 12.9. The summed E-state index contributed by atoms with van der Waals surface area (Å²) in [5.41, 5.74) is 2.35. The Morgan fingerprint density at radius 2 is 2.26 bits per heavy atom. The second-order valence-electron chi connectivity index (χ2n) is 5.72. The van der Waals surface area contributed by atoms with E-state index in [2.05, 4.69) is 12.0 Å². The number of fused-ring (bicyclic) bond motifs is 1. The van der Waals surface area contributed by atoms with Gasteiger partial charge in [0.25, 0.3) is 5.91 Å². The second-order valence-corrected chi connectivity index (χ2v) is 6.15. The third kappa shape index (κ3) is 3.34. The first-order valence-electron chi connectivity index (χ1n) is 7.83. The summed E-state index contributed by atoms with van der Waals surface area (Å²) in [5, 5.41) is 5.06. The molecule has 0 N–H and O–H groups in total. The van der Waals surface area contributed by atoms with Gasteiger partial charge in [0.2, 0.25) is 0 Å². The topological polar surface area (TPSA) is 47.4 Å². The molecule has 2 heterocycles. The molecule has 1 aromatic carbocycles. The number of carbonyl (C=O) groups excluding carboxylic acids is 1. The Hall–Kier alpha value is -2.01. The number of carbonyl (C=O) groups is 1. The van der Waals surface area contributed by atoms with Crippen LogP contribution in [0.1, 0.15) is 35.0 Å². The summed E-state index contributed by atoms with van der Waals surface area (Å²) in [6.07, 6.45) is 2.82. The van der Waals surface area contributed by atoms with Crippen molar-refractivity contribution in [2.24, 2.45) is 0 Å². The van der Waals surface area contributed by atoms with Gasteiger partial charge < -0.3 is 9.64 Å². The number of nitrogens with zero attached hydrogens (tertiary/aromatic N) is 3. The molecule has 0 bridgehead atoms. The fourth-order valence-electron chi connectivity index (χ4n) is 2.78. The average Bonchev–Trinajstić information content (AvgIpc) is 2.76. The van der Waals surface area contributed by atoms with Gasteiger partial charge in [-0.05, 0) is 31.5 Å². The van der Waals surface area contributed by atoms with Crippen molar-refractivity contribution in [3.05, 3.63) is 46.2 Å². The molecule has 3 rings (SSSR count). The molecule has 1 aromatic heterocycles. The molecule has 0 unspecified atom stereocenters. The fourth-order valence-corrected chi connectivity index (χ4v) is 2.97. The number of aromatic nitrogens is 2. The minimum absolute atomic E-state index is 0.0127. The Balaban J connectivity index is 1.85. The van der Waals surface area contributed by atoms with Gasteiger partial charge >= 0.3 is 0 Å². The molecule has 1 aliphatic rings. The summed E-state index contributed by atoms with van der Waals surface area (Å²) in [5.74, 6) is 0.782. The van der Waals surface area contributed by atoms with Crippen molar-refractivity contribution < 1.29 is 9.53 Å². The van der Waals surface area contributed by atoms with E-state index in [1.54, 1.807) is 11.0 Å². The van der Waals surface area contributed by atoms with Gasteiger partial charge in [0.05, 0.1) is 17.8 Å². The number of ether oxygens (including phenoxy) is 1. The van der Waals surface area contributed by atoms with Crippen molar-refractivity contribution >= 4 is 17.5 Å². The number of hydrogen-bond donors (Lipinski definition) is 0. The van der Waals surface area contributed by atoms with E-state index in [-0.39, 0.29) is 5.91 Å². The average molecular weight is 334 g/mol. The first kappa shape index (κ1) is 15.9. The van der Waals surface area contributed by atoms with E-state index in [1.807, 2.05) is 29.9 Å². The predicted molar refractivity (Wildman–Crippen MR) is 88.9 cm³/mol. The zero-order chi connectivity index (χ0) is 16.4. The Morgan fingerprint density at radius 1 is 1.43 bits per heavy atom. The minimum Gasteiger partial charge on any atom is -0.491 e. The van der Waals surface area contributed by atoms with Crippen LogP contribution in [-0.2, 0) is 13.1 Å². The van der Waals surface area contributed by atoms with Crippen LogP contribution in [0, 0.1) is 6.92 Å². The molecule has 6 heteroatoms. The first-order chi connectivity index (χ1) is 11.1. The lowest BCUT2D eigenvalue weighted by Crippen LogP contribution is -2.32. The molecule has 0 aliphatic carbocycles. The van der Waals surface area contributed by atoms with Crippen molar-refractivity contribution in [1.82, 2.24) is 14.7 Å². The van der Waals surface area contributed by atoms with Gasteiger partial charge in [0.1, 0.15) is 12.4 Å². The zero-order valence-electron chi connectivity index (χ0n) is 13.4. The second kappa shape index (κ2) is 6.62. The summed E-state index contributed by atoms with van der Waals surface area (Å²) < 4.78 is 7.56. The Kier molecular flexibility index (Phi) is 4.57. The van der Waals surface area contributed by atoms with Gasteiger partial charge in [-0.1, -0.05) is 18.5 Å². The van der Waals surface area contributed by atoms with E-state index in [1.165, 1.54) is 0 Å². The van der Waals surface area contributed by atoms with Crippen LogP contribution in [0.25, 0.3) is 0 Å². The van der Waals surface area contributed by atoms with Crippen LogP contribution in [-0.4, -0.2) is 33.7 Å². The Morgan fingerprint density at radius 3 is 3.04 bits per heavy atom. The predicted octanol–water partition coefficient (Wildman–Crippen LogP) is 3.29. The highest BCUT2D eigenvalue weighted by Crippen LogP contribution is 2.27. The summed E-state index contributed by atoms with van der Waals surface area (Å²) in [4.78, 5) is 14.7. The Labute approximate surface area is 140 Å². The van der Waals surface area contributed by atoms with Crippen LogP contribution in [0.2, 0.25) is 5.02 Å². The molecule has 0 fully saturated rings. The largest absolute Gasteiger partial charge is 0.491 e. The molecule has 1 amide bonds. The van der Waals surface area contributed by atoms with Gasteiger partial charge in [0.15, 0.2) is 0 Å². The smallest absolute Gasteiger partial charge is 0.257 e. The van der Waals surface area contributed by atoms with Crippen molar-refractivity contribution in [3.63, 3.8) is 0 Å². The SMILES string of the molecule is CCCn1cc(C(=O)N2CCOc3ccc(Cl)cc3C2)c(C)n1. The molecule has 2 aromatic rings. The van der Waals surface area contributed by atoms with Crippen LogP contribution in [0.5, 0.6) is 5.75 Å². The third-order valence-electron chi connectivity index (χ3n) is 3.92. The molecule has 0 spiro atoms. The van der Waals surface area contributed by atoms with Crippen LogP contribution in [0.3, 0.4) is 0 Å². The number of hydrogen-bond acceptors (Lipinski definition) is 3. The molecular weight excluding hydrogens is 314 g/mol. The number of aryl methyl sites for hydroxylation is 2. The molecule has 122 valence electrons. The van der Waals surface area contributed by atoms with Gasteiger partial charge in [-0.15, -0.1) is 0 Å². The molecule has 0 saturated carbocycles. The van der Waals surface area contributed by atoms with Crippen LogP contribution < -0.4 is 4.74 Å². The van der Waals surface area contributed by atoms with Crippen molar-refractivity contribution in [2.45, 2.75) is 33.4 Å². The molecule has 23 heavy (non-hydrogen) atoms. The van der Waals surface area contributed by atoms with Crippen LogP contribution >= 0.6 is 11.6 Å². The van der Waals surface area contributed by atoms with E-state index < -0.39 is 0 Å². The number of halogens is 1. The number of rotatable bonds is 3. The third-order valence-corrected chi connectivity index (χ3v) is 4.15. The van der Waals surface area contributed by atoms with E-state index in [4.69, 9.17) is 16.3 Å². The normalized spacial score (nSPS) is 14.1. The van der Waals surface area contributed by atoms with Crippen molar-refractivity contribution in [2.75, 3.05) is 13.2 Å². The van der Waals surface area contributed by atoms with Gasteiger partial charge in [-0.25, -0.2) is 0 Å². The summed E-state index contributed by atoms with van der Waals surface area (Å²) in [6.45, 7) is 6.29. The number of benzene rings is 1. The van der Waals surface area contributed by atoms with Gasteiger partial charge in [-0.3, -0.25) is 9.48 Å². The molecule has 1 aliphatic heterocycles.